The highest BCUT2D eigenvalue weighted by Crippen LogP contribution is 2.38. The molecule has 8 heteroatoms. The van der Waals surface area contributed by atoms with Gasteiger partial charge in [-0.25, -0.2) is 9.97 Å². The minimum Gasteiger partial charge on any atom is -0.365 e. The molecular weight excluding hydrogens is 427 g/mol. The summed E-state index contributed by atoms with van der Waals surface area (Å²) in [6.45, 7) is 5.98. The largest absolute Gasteiger partial charge is 0.434 e. The molecule has 1 N–H and O–H groups in total. The topological polar surface area (TPSA) is 44.3 Å². The second kappa shape index (κ2) is 8.02. The normalized spacial score (nSPS) is 20.5. The zero-order valence-corrected chi connectivity index (χ0v) is 18.8. The lowest BCUT2D eigenvalue weighted by Gasteiger charge is -2.34. The molecule has 0 spiro atoms. The summed E-state index contributed by atoms with van der Waals surface area (Å²) in [6.07, 6.45) is -2.18. The third-order valence-corrected chi connectivity index (χ3v) is 6.70. The lowest BCUT2D eigenvalue weighted by molar-refractivity contribution is -0.140. The number of nitrogens with one attached hydrogen (secondary N) is 1. The SMILES string of the molecule is Cc1ccc(-c2cnc(Nc3ccc(N4C[C@@H]5C[C@H]4CN5C)c(C)c3)nc2C(F)(F)F)cc1. The number of nitrogens with zero attached hydrogens (tertiary/aromatic N) is 4. The predicted octanol–water partition coefficient (Wildman–Crippen LogP) is 5.42. The lowest BCUT2D eigenvalue weighted by atomic mass is 10.0. The fourth-order valence-electron chi connectivity index (χ4n) is 4.95. The molecule has 5 rings (SSSR count). The average molecular weight is 454 g/mol. The fraction of sp³-hybridized carbons (Fsp3) is 0.360. The molecule has 3 aromatic rings. The standard InChI is InChI=1S/C25H26F3N5/c1-15-4-6-17(7-5-15)21-12-29-24(31-23(21)25(26,27)28)30-18-8-9-22(16(2)10-18)33-14-19-11-20(33)13-32(19)3/h4-10,12,19-20H,11,13-14H2,1-3H3,(H,29,30,31)/t19-,20-/m0/s1. The van der Waals surface area contributed by atoms with E-state index >= 15 is 0 Å². The Morgan fingerprint density at radius 2 is 1.76 bits per heavy atom. The van der Waals surface area contributed by atoms with Gasteiger partial charge >= 0.3 is 6.18 Å². The van der Waals surface area contributed by atoms with Crippen LogP contribution in [0.4, 0.5) is 30.5 Å². The molecule has 2 saturated heterocycles. The molecular formula is C25H26F3N5. The summed E-state index contributed by atoms with van der Waals surface area (Å²) in [7, 11) is 2.17. The van der Waals surface area contributed by atoms with Crippen molar-refractivity contribution in [1.82, 2.24) is 14.9 Å². The van der Waals surface area contributed by atoms with Crippen LogP contribution in [0.3, 0.4) is 0 Å². The van der Waals surface area contributed by atoms with Gasteiger partial charge in [-0.2, -0.15) is 13.2 Å². The van der Waals surface area contributed by atoms with Crippen molar-refractivity contribution in [3.63, 3.8) is 0 Å². The Balaban J connectivity index is 1.40. The number of aromatic nitrogens is 2. The van der Waals surface area contributed by atoms with Gasteiger partial charge in [-0.15, -0.1) is 0 Å². The van der Waals surface area contributed by atoms with Crippen molar-refractivity contribution in [1.29, 1.82) is 0 Å². The zero-order valence-electron chi connectivity index (χ0n) is 18.8. The van der Waals surface area contributed by atoms with E-state index in [9.17, 15) is 13.2 Å². The quantitative estimate of drug-likeness (QED) is 0.572. The van der Waals surface area contributed by atoms with Gasteiger partial charge in [0.25, 0.3) is 0 Å². The summed E-state index contributed by atoms with van der Waals surface area (Å²) in [5, 5.41) is 2.95. The summed E-state index contributed by atoms with van der Waals surface area (Å²) in [4.78, 5) is 12.9. The molecule has 1 aromatic heterocycles. The number of aryl methyl sites for hydroxylation is 2. The van der Waals surface area contributed by atoms with E-state index in [2.05, 4.69) is 32.1 Å². The Bertz CT molecular complexity index is 1170. The first-order valence-corrected chi connectivity index (χ1v) is 11.0. The van der Waals surface area contributed by atoms with E-state index in [1.165, 1.54) is 18.3 Å². The summed E-state index contributed by atoms with van der Waals surface area (Å²) < 4.78 is 41.4. The van der Waals surface area contributed by atoms with Gasteiger partial charge < -0.3 is 10.2 Å². The van der Waals surface area contributed by atoms with Crippen LogP contribution in [0.2, 0.25) is 0 Å². The Morgan fingerprint density at radius 1 is 1.00 bits per heavy atom. The maximum absolute atomic E-state index is 13.8. The van der Waals surface area contributed by atoms with Gasteiger partial charge in [-0.3, -0.25) is 4.90 Å². The molecule has 2 fully saturated rings. The van der Waals surface area contributed by atoms with Crippen molar-refractivity contribution in [2.75, 3.05) is 30.4 Å². The van der Waals surface area contributed by atoms with Crippen molar-refractivity contribution in [3.8, 4) is 11.1 Å². The molecule has 2 aliphatic rings. The number of rotatable bonds is 4. The monoisotopic (exact) mass is 453 g/mol. The highest BCUT2D eigenvalue weighted by atomic mass is 19.4. The summed E-state index contributed by atoms with van der Waals surface area (Å²) >= 11 is 0. The van der Waals surface area contributed by atoms with E-state index in [-0.39, 0.29) is 11.5 Å². The number of likely N-dealkylation sites (tertiary alicyclic amines) is 1. The van der Waals surface area contributed by atoms with Crippen molar-refractivity contribution in [2.45, 2.75) is 38.5 Å². The Hall–Kier alpha value is -3.13. The van der Waals surface area contributed by atoms with Crippen molar-refractivity contribution < 1.29 is 13.2 Å². The van der Waals surface area contributed by atoms with E-state index in [0.29, 0.717) is 23.3 Å². The van der Waals surface area contributed by atoms with Crippen LogP contribution in [0.25, 0.3) is 11.1 Å². The predicted molar refractivity (Wildman–Crippen MR) is 124 cm³/mol. The third-order valence-electron chi connectivity index (χ3n) is 6.70. The zero-order chi connectivity index (χ0) is 23.3. The molecule has 2 aliphatic heterocycles. The van der Waals surface area contributed by atoms with Crippen LogP contribution >= 0.6 is 0 Å². The molecule has 2 bridgehead atoms. The van der Waals surface area contributed by atoms with Crippen molar-refractivity contribution in [2.24, 2.45) is 0 Å². The van der Waals surface area contributed by atoms with E-state index < -0.39 is 11.9 Å². The van der Waals surface area contributed by atoms with Crippen LogP contribution < -0.4 is 10.2 Å². The van der Waals surface area contributed by atoms with Gasteiger partial charge in [0, 0.05) is 48.3 Å². The van der Waals surface area contributed by atoms with Crippen LogP contribution in [0.15, 0.2) is 48.7 Å². The van der Waals surface area contributed by atoms with Gasteiger partial charge in [0.2, 0.25) is 5.95 Å². The molecule has 2 aromatic carbocycles. The Labute approximate surface area is 191 Å². The van der Waals surface area contributed by atoms with Crippen LogP contribution in [-0.2, 0) is 6.18 Å². The van der Waals surface area contributed by atoms with Gasteiger partial charge in [0.15, 0.2) is 5.69 Å². The van der Waals surface area contributed by atoms with Crippen LogP contribution in [-0.4, -0.2) is 47.1 Å². The van der Waals surface area contributed by atoms with Gasteiger partial charge in [-0.1, -0.05) is 29.8 Å². The van der Waals surface area contributed by atoms with Crippen molar-refractivity contribution >= 4 is 17.3 Å². The van der Waals surface area contributed by atoms with E-state index in [4.69, 9.17) is 0 Å². The molecule has 0 amide bonds. The number of piperazine rings is 1. The van der Waals surface area contributed by atoms with Crippen LogP contribution in [0.5, 0.6) is 0 Å². The number of benzene rings is 2. The first-order valence-electron chi connectivity index (χ1n) is 11.0. The number of hydrogen-bond acceptors (Lipinski definition) is 5. The third kappa shape index (κ3) is 4.15. The fourth-order valence-corrected chi connectivity index (χ4v) is 4.95. The summed E-state index contributed by atoms with van der Waals surface area (Å²) in [6, 6.07) is 13.8. The molecule has 33 heavy (non-hydrogen) atoms. The lowest BCUT2D eigenvalue weighted by Crippen LogP contribution is -2.44. The summed E-state index contributed by atoms with van der Waals surface area (Å²) in [5.74, 6) is -0.0767. The molecule has 0 unspecified atom stereocenters. The first-order chi connectivity index (χ1) is 15.7. The maximum atomic E-state index is 13.8. The van der Waals surface area contributed by atoms with Crippen LogP contribution in [0.1, 0.15) is 23.2 Å². The van der Waals surface area contributed by atoms with Gasteiger partial charge in [0.05, 0.1) is 0 Å². The minimum atomic E-state index is -4.60. The van der Waals surface area contributed by atoms with Crippen molar-refractivity contribution in [3.05, 3.63) is 65.5 Å². The molecule has 3 heterocycles. The summed E-state index contributed by atoms with van der Waals surface area (Å²) in [5.41, 5.74) is 3.33. The number of alkyl halides is 3. The maximum Gasteiger partial charge on any atom is 0.434 e. The second-order valence-electron chi connectivity index (χ2n) is 9.08. The molecule has 172 valence electrons. The van der Waals surface area contributed by atoms with Crippen LogP contribution in [0, 0.1) is 13.8 Å². The molecule has 0 saturated carbocycles. The highest BCUT2D eigenvalue weighted by molar-refractivity contribution is 5.68. The highest BCUT2D eigenvalue weighted by Gasteiger charge is 2.41. The second-order valence-corrected chi connectivity index (χ2v) is 9.08. The first kappa shape index (κ1) is 21.7. The van der Waals surface area contributed by atoms with Gasteiger partial charge in [-0.05, 0) is 56.6 Å². The number of anilines is 3. The van der Waals surface area contributed by atoms with E-state index in [1.807, 2.05) is 32.0 Å². The Kier molecular flexibility index (Phi) is 5.28. The smallest absolute Gasteiger partial charge is 0.365 e. The molecule has 2 atom stereocenters. The van der Waals surface area contributed by atoms with E-state index in [1.54, 1.807) is 24.3 Å². The molecule has 0 radical (unpaired) electrons. The number of hydrogen-bond donors (Lipinski definition) is 1. The Morgan fingerprint density at radius 3 is 2.36 bits per heavy atom. The molecule has 0 aliphatic carbocycles. The van der Waals surface area contributed by atoms with Gasteiger partial charge in [0.1, 0.15) is 0 Å². The minimum absolute atomic E-state index is 0.0337. The molecule has 5 nitrogen and oxygen atoms in total. The number of halogens is 3. The number of fused-ring (bicyclic) bond motifs is 2. The number of likely N-dealkylation sites (N-methyl/N-ethyl adjacent to an activating group) is 1. The van der Waals surface area contributed by atoms with E-state index in [0.717, 1.165) is 24.2 Å². The average Bonchev–Trinajstić information content (AvgIpc) is 3.33.